The Morgan fingerprint density at radius 3 is 3.29 bits per heavy atom. The van der Waals surface area contributed by atoms with Gasteiger partial charge in [0.25, 0.3) is 0 Å². The fraction of sp³-hybridized carbons (Fsp3) is 0.700. The van der Waals surface area contributed by atoms with Crippen molar-refractivity contribution in [3.63, 3.8) is 0 Å². The number of rotatable bonds is 3. The molecule has 14 heavy (non-hydrogen) atoms. The first-order valence-corrected chi connectivity index (χ1v) is 5.90. The lowest BCUT2D eigenvalue weighted by atomic mass is 10.0. The van der Waals surface area contributed by atoms with Crippen LogP contribution < -0.4 is 5.32 Å². The van der Waals surface area contributed by atoms with Crippen LogP contribution in [0.5, 0.6) is 0 Å². The lowest BCUT2D eigenvalue weighted by Crippen LogP contribution is -2.30. The number of hydrogen-bond acceptors (Lipinski definition) is 4. The number of thiazole rings is 1. The lowest BCUT2D eigenvalue weighted by Gasteiger charge is -2.20. The summed E-state index contributed by atoms with van der Waals surface area (Å²) in [5.41, 5.74) is -0.166. The Labute approximate surface area is 88.5 Å². The van der Waals surface area contributed by atoms with E-state index in [2.05, 4.69) is 24.1 Å². The third kappa shape index (κ3) is 1.82. The molecule has 0 saturated carbocycles. The molecule has 78 valence electrons. The van der Waals surface area contributed by atoms with E-state index in [1.165, 1.54) is 0 Å². The first-order valence-electron chi connectivity index (χ1n) is 5.02. The third-order valence-electron chi connectivity index (χ3n) is 2.62. The molecule has 0 spiro atoms. The molecule has 0 aliphatic carbocycles. The van der Waals surface area contributed by atoms with Crippen LogP contribution in [0.2, 0.25) is 0 Å². The Hall–Kier alpha value is -0.450. The molecule has 1 saturated heterocycles. The molecule has 0 amide bonds. The van der Waals surface area contributed by atoms with Gasteiger partial charge in [0.15, 0.2) is 0 Å². The minimum atomic E-state index is -0.166. The number of likely N-dealkylation sites (N-methyl/N-ethyl adjacent to an activating group) is 1. The normalized spacial score (nSPS) is 32.3. The van der Waals surface area contributed by atoms with Crippen LogP contribution in [0.3, 0.4) is 0 Å². The van der Waals surface area contributed by atoms with Crippen LogP contribution in [0.25, 0.3) is 0 Å². The van der Waals surface area contributed by atoms with Gasteiger partial charge < -0.3 is 10.1 Å². The molecule has 3 nitrogen and oxygen atoms in total. The van der Waals surface area contributed by atoms with Gasteiger partial charge in [0.05, 0.1) is 6.61 Å². The summed E-state index contributed by atoms with van der Waals surface area (Å²) in [5.74, 6) is 0. The molecule has 1 aromatic rings. The maximum atomic E-state index is 5.84. The first kappa shape index (κ1) is 10.1. The Kier molecular flexibility index (Phi) is 2.85. The van der Waals surface area contributed by atoms with Crippen molar-refractivity contribution >= 4 is 11.3 Å². The molecule has 0 radical (unpaired) electrons. The second-order valence-corrected chi connectivity index (χ2v) is 4.73. The van der Waals surface area contributed by atoms with E-state index in [9.17, 15) is 0 Å². The molecule has 0 aromatic carbocycles. The SMILES string of the molecule is CCNC1COC(C)(c2nccs2)C1. The van der Waals surface area contributed by atoms with Crippen molar-refractivity contribution in [2.45, 2.75) is 31.9 Å². The second kappa shape index (κ2) is 3.96. The highest BCUT2D eigenvalue weighted by molar-refractivity contribution is 7.09. The van der Waals surface area contributed by atoms with Crippen LogP contribution >= 0.6 is 11.3 Å². The molecule has 1 aliphatic rings. The van der Waals surface area contributed by atoms with E-state index < -0.39 is 0 Å². The van der Waals surface area contributed by atoms with Crippen molar-refractivity contribution in [2.75, 3.05) is 13.2 Å². The van der Waals surface area contributed by atoms with Crippen LogP contribution in [0.4, 0.5) is 0 Å². The van der Waals surface area contributed by atoms with Gasteiger partial charge in [0.1, 0.15) is 10.6 Å². The first-order chi connectivity index (χ1) is 6.74. The number of nitrogens with zero attached hydrogens (tertiary/aromatic N) is 1. The van der Waals surface area contributed by atoms with Crippen molar-refractivity contribution in [2.24, 2.45) is 0 Å². The topological polar surface area (TPSA) is 34.1 Å². The van der Waals surface area contributed by atoms with Gasteiger partial charge in [-0.25, -0.2) is 4.98 Å². The van der Waals surface area contributed by atoms with Crippen LogP contribution in [0.1, 0.15) is 25.3 Å². The van der Waals surface area contributed by atoms with Gasteiger partial charge in [-0.2, -0.15) is 0 Å². The summed E-state index contributed by atoms with van der Waals surface area (Å²) in [7, 11) is 0. The summed E-state index contributed by atoms with van der Waals surface area (Å²) in [5, 5.41) is 6.51. The number of aromatic nitrogens is 1. The number of hydrogen-bond donors (Lipinski definition) is 1. The zero-order valence-corrected chi connectivity index (χ0v) is 9.43. The standard InChI is InChI=1S/C10H16N2OS/c1-3-11-8-6-10(2,13-7-8)9-12-4-5-14-9/h4-5,8,11H,3,6-7H2,1-2H3. The summed E-state index contributed by atoms with van der Waals surface area (Å²) in [6, 6.07) is 0.480. The molecule has 1 N–H and O–H groups in total. The maximum absolute atomic E-state index is 5.84. The maximum Gasteiger partial charge on any atom is 0.124 e. The molecular formula is C10H16N2OS. The Balaban J connectivity index is 2.06. The zero-order chi connectivity index (χ0) is 10.0. The monoisotopic (exact) mass is 212 g/mol. The molecule has 2 atom stereocenters. The van der Waals surface area contributed by atoms with Gasteiger partial charge in [0.2, 0.25) is 0 Å². The van der Waals surface area contributed by atoms with Crippen molar-refractivity contribution in [1.82, 2.24) is 10.3 Å². The van der Waals surface area contributed by atoms with Crippen molar-refractivity contribution < 1.29 is 4.74 Å². The second-order valence-electron chi connectivity index (χ2n) is 3.84. The summed E-state index contributed by atoms with van der Waals surface area (Å²) in [6.45, 7) is 6.05. The smallest absolute Gasteiger partial charge is 0.124 e. The van der Waals surface area contributed by atoms with Gasteiger partial charge in [-0.1, -0.05) is 6.92 Å². The number of nitrogens with one attached hydrogen (secondary N) is 1. The van der Waals surface area contributed by atoms with Gasteiger partial charge >= 0.3 is 0 Å². The zero-order valence-electron chi connectivity index (χ0n) is 8.62. The third-order valence-corrected chi connectivity index (χ3v) is 3.63. The van der Waals surface area contributed by atoms with Crippen LogP contribution in [0.15, 0.2) is 11.6 Å². The highest BCUT2D eigenvalue weighted by atomic mass is 32.1. The predicted molar refractivity (Wildman–Crippen MR) is 57.5 cm³/mol. The highest BCUT2D eigenvalue weighted by Crippen LogP contribution is 2.36. The quantitative estimate of drug-likeness (QED) is 0.829. The molecule has 1 aromatic heterocycles. The minimum absolute atomic E-state index is 0.166. The van der Waals surface area contributed by atoms with E-state index in [1.807, 2.05) is 11.6 Å². The fourth-order valence-electron chi connectivity index (χ4n) is 1.93. The molecule has 0 bridgehead atoms. The van der Waals surface area contributed by atoms with E-state index in [0.717, 1.165) is 24.6 Å². The molecule has 2 unspecified atom stereocenters. The van der Waals surface area contributed by atoms with Crippen LogP contribution in [0, 0.1) is 0 Å². The van der Waals surface area contributed by atoms with Crippen LogP contribution in [-0.4, -0.2) is 24.2 Å². The Morgan fingerprint density at radius 1 is 1.79 bits per heavy atom. The Morgan fingerprint density at radius 2 is 2.64 bits per heavy atom. The summed E-state index contributed by atoms with van der Waals surface area (Å²) >= 11 is 1.68. The lowest BCUT2D eigenvalue weighted by molar-refractivity contribution is 0.0159. The van der Waals surface area contributed by atoms with Crippen molar-refractivity contribution in [3.05, 3.63) is 16.6 Å². The molecule has 2 rings (SSSR count). The van der Waals surface area contributed by atoms with E-state index in [0.29, 0.717) is 6.04 Å². The molecular weight excluding hydrogens is 196 g/mol. The van der Waals surface area contributed by atoms with Crippen molar-refractivity contribution in [3.8, 4) is 0 Å². The summed E-state index contributed by atoms with van der Waals surface area (Å²) in [6.07, 6.45) is 2.86. The van der Waals surface area contributed by atoms with Gasteiger partial charge in [-0.15, -0.1) is 11.3 Å². The van der Waals surface area contributed by atoms with Gasteiger partial charge in [-0.05, 0) is 13.5 Å². The molecule has 4 heteroatoms. The van der Waals surface area contributed by atoms with Gasteiger partial charge in [-0.3, -0.25) is 0 Å². The van der Waals surface area contributed by atoms with E-state index >= 15 is 0 Å². The largest absolute Gasteiger partial charge is 0.366 e. The van der Waals surface area contributed by atoms with Gasteiger partial charge in [0, 0.05) is 24.0 Å². The van der Waals surface area contributed by atoms with E-state index in [4.69, 9.17) is 4.74 Å². The summed E-state index contributed by atoms with van der Waals surface area (Å²) in [4.78, 5) is 4.33. The van der Waals surface area contributed by atoms with Crippen molar-refractivity contribution in [1.29, 1.82) is 0 Å². The molecule has 1 aliphatic heterocycles. The fourth-order valence-corrected chi connectivity index (χ4v) is 2.69. The van der Waals surface area contributed by atoms with Crippen LogP contribution in [-0.2, 0) is 10.3 Å². The van der Waals surface area contributed by atoms with E-state index in [-0.39, 0.29) is 5.60 Å². The molecule has 2 heterocycles. The average molecular weight is 212 g/mol. The minimum Gasteiger partial charge on any atom is -0.366 e. The number of ether oxygens (including phenoxy) is 1. The molecule has 1 fully saturated rings. The Bertz CT molecular complexity index is 288. The predicted octanol–water partition coefficient (Wildman–Crippen LogP) is 1.76. The van der Waals surface area contributed by atoms with E-state index in [1.54, 1.807) is 11.3 Å². The highest BCUT2D eigenvalue weighted by Gasteiger charge is 2.39. The summed E-state index contributed by atoms with van der Waals surface area (Å²) < 4.78 is 5.84. The average Bonchev–Trinajstić information content (AvgIpc) is 2.75.